The molecule has 0 amide bonds. The van der Waals surface area contributed by atoms with Gasteiger partial charge in [-0.3, -0.25) is 10.1 Å². The standard InChI is InChI=1S/C10H14N6O/c1-7(6-17-2)13-10-14-9(15-16-10)8-5-11-3-4-12-8/h3-5,7H,6H2,1-2H3,(H2,13,14,15,16). The number of hydrogen-bond acceptors (Lipinski definition) is 6. The molecule has 7 heteroatoms. The van der Waals surface area contributed by atoms with Crippen LogP contribution in [0.5, 0.6) is 0 Å². The van der Waals surface area contributed by atoms with E-state index >= 15 is 0 Å². The fraction of sp³-hybridized carbons (Fsp3) is 0.400. The van der Waals surface area contributed by atoms with Crippen molar-refractivity contribution in [3.63, 3.8) is 0 Å². The molecule has 0 fully saturated rings. The summed E-state index contributed by atoms with van der Waals surface area (Å²) in [6, 6.07) is 0.144. The first kappa shape index (κ1) is 11.5. The molecule has 0 saturated heterocycles. The quantitative estimate of drug-likeness (QED) is 0.792. The number of ether oxygens (including phenoxy) is 1. The number of aromatic amines is 1. The maximum Gasteiger partial charge on any atom is 0.242 e. The third-order valence-electron chi connectivity index (χ3n) is 2.08. The first-order valence-electron chi connectivity index (χ1n) is 5.24. The lowest BCUT2D eigenvalue weighted by Gasteiger charge is -2.09. The lowest BCUT2D eigenvalue weighted by atomic mass is 10.4. The Morgan fingerprint density at radius 3 is 3.06 bits per heavy atom. The minimum atomic E-state index is 0.144. The molecular formula is C10H14N6O. The minimum Gasteiger partial charge on any atom is -0.383 e. The molecule has 0 spiro atoms. The highest BCUT2D eigenvalue weighted by Gasteiger charge is 2.08. The van der Waals surface area contributed by atoms with Crippen LogP contribution in [-0.4, -0.2) is 44.9 Å². The summed E-state index contributed by atoms with van der Waals surface area (Å²) in [4.78, 5) is 12.4. The van der Waals surface area contributed by atoms with Gasteiger partial charge in [-0.1, -0.05) is 0 Å². The van der Waals surface area contributed by atoms with E-state index in [2.05, 4.69) is 30.5 Å². The van der Waals surface area contributed by atoms with Crippen molar-refractivity contribution in [2.24, 2.45) is 0 Å². The molecule has 17 heavy (non-hydrogen) atoms. The average Bonchev–Trinajstić information content (AvgIpc) is 2.79. The Morgan fingerprint density at radius 2 is 2.35 bits per heavy atom. The smallest absolute Gasteiger partial charge is 0.242 e. The van der Waals surface area contributed by atoms with E-state index in [9.17, 15) is 0 Å². The molecule has 2 rings (SSSR count). The fourth-order valence-electron chi connectivity index (χ4n) is 1.37. The van der Waals surface area contributed by atoms with Gasteiger partial charge in [0.2, 0.25) is 5.95 Å². The zero-order valence-electron chi connectivity index (χ0n) is 9.71. The number of aromatic nitrogens is 5. The molecule has 2 aromatic heterocycles. The summed E-state index contributed by atoms with van der Waals surface area (Å²) in [7, 11) is 1.65. The minimum absolute atomic E-state index is 0.144. The SMILES string of the molecule is COCC(C)Nc1n[nH]c(-c2cnccn2)n1. The van der Waals surface area contributed by atoms with Crippen LogP contribution in [0, 0.1) is 0 Å². The van der Waals surface area contributed by atoms with Crippen molar-refractivity contribution in [2.75, 3.05) is 19.0 Å². The maximum atomic E-state index is 5.02. The molecule has 2 heterocycles. The van der Waals surface area contributed by atoms with Crippen LogP contribution in [0.1, 0.15) is 6.92 Å². The number of nitrogens with zero attached hydrogens (tertiary/aromatic N) is 4. The van der Waals surface area contributed by atoms with Crippen LogP contribution in [0.3, 0.4) is 0 Å². The number of anilines is 1. The van der Waals surface area contributed by atoms with E-state index in [1.54, 1.807) is 25.7 Å². The topological polar surface area (TPSA) is 88.6 Å². The molecule has 0 aliphatic rings. The van der Waals surface area contributed by atoms with Crippen LogP contribution in [0.25, 0.3) is 11.5 Å². The van der Waals surface area contributed by atoms with E-state index in [1.165, 1.54) is 0 Å². The summed E-state index contributed by atoms with van der Waals surface area (Å²) in [5, 5.41) is 9.95. The van der Waals surface area contributed by atoms with Crippen LogP contribution < -0.4 is 5.32 Å². The third-order valence-corrected chi connectivity index (χ3v) is 2.08. The van der Waals surface area contributed by atoms with Gasteiger partial charge in [0.05, 0.1) is 12.8 Å². The first-order chi connectivity index (χ1) is 8.29. The van der Waals surface area contributed by atoms with Crippen LogP contribution in [-0.2, 0) is 4.74 Å². The normalized spacial score (nSPS) is 12.4. The Morgan fingerprint density at radius 1 is 1.47 bits per heavy atom. The third kappa shape index (κ3) is 2.97. The summed E-state index contributed by atoms with van der Waals surface area (Å²) in [6.07, 6.45) is 4.85. The molecule has 0 saturated carbocycles. The van der Waals surface area contributed by atoms with E-state index < -0.39 is 0 Å². The second-order valence-corrected chi connectivity index (χ2v) is 3.60. The van der Waals surface area contributed by atoms with Crippen molar-refractivity contribution in [1.29, 1.82) is 0 Å². The summed E-state index contributed by atoms with van der Waals surface area (Å²) in [5.41, 5.74) is 0.660. The Kier molecular flexibility index (Phi) is 3.61. The number of hydrogen-bond donors (Lipinski definition) is 2. The van der Waals surface area contributed by atoms with Gasteiger partial charge in [0.15, 0.2) is 5.82 Å². The predicted octanol–water partition coefficient (Wildman–Crippen LogP) is 0.708. The van der Waals surface area contributed by atoms with E-state index in [0.29, 0.717) is 24.1 Å². The summed E-state index contributed by atoms with van der Waals surface area (Å²) in [6.45, 7) is 2.58. The summed E-state index contributed by atoms with van der Waals surface area (Å²) in [5.74, 6) is 1.11. The van der Waals surface area contributed by atoms with Gasteiger partial charge in [0.25, 0.3) is 0 Å². The molecule has 90 valence electrons. The van der Waals surface area contributed by atoms with E-state index in [1.807, 2.05) is 6.92 Å². The Labute approximate surface area is 98.7 Å². The highest BCUT2D eigenvalue weighted by molar-refractivity contribution is 5.48. The van der Waals surface area contributed by atoms with Gasteiger partial charge in [0.1, 0.15) is 5.69 Å². The summed E-state index contributed by atoms with van der Waals surface area (Å²) >= 11 is 0. The van der Waals surface area contributed by atoms with Gasteiger partial charge in [0, 0.05) is 25.5 Å². The molecule has 1 atom stereocenters. The molecule has 1 unspecified atom stereocenters. The number of H-pyrrole nitrogens is 1. The van der Waals surface area contributed by atoms with Crippen molar-refractivity contribution >= 4 is 5.95 Å². The first-order valence-corrected chi connectivity index (χ1v) is 5.24. The highest BCUT2D eigenvalue weighted by atomic mass is 16.5. The molecular weight excluding hydrogens is 220 g/mol. The monoisotopic (exact) mass is 234 g/mol. The van der Waals surface area contributed by atoms with Crippen molar-refractivity contribution in [2.45, 2.75) is 13.0 Å². The predicted molar refractivity (Wildman–Crippen MR) is 62.4 cm³/mol. The average molecular weight is 234 g/mol. The molecule has 2 aromatic rings. The number of nitrogens with one attached hydrogen (secondary N) is 2. The van der Waals surface area contributed by atoms with Crippen molar-refractivity contribution in [3.8, 4) is 11.5 Å². The molecule has 7 nitrogen and oxygen atoms in total. The van der Waals surface area contributed by atoms with Crippen LogP contribution in [0.15, 0.2) is 18.6 Å². The molecule has 0 aliphatic carbocycles. The maximum absolute atomic E-state index is 5.02. The van der Waals surface area contributed by atoms with E-state index in [-0.39, 0.29) is 6.04 Å². The van der Waals surface area contributed by atoms with E-state index in [0.717, 1.165) is 0 Å². The highest BCUT2D eigenvalue weighted by Crippen LogP contribution is 2.11. The van der Waals surface area contributed by atoms with E-state index in [4.69, 9.17) is 4.74 Å². The zero-order valence-corrected chi connectivity index (χ0v) is 9.71. The molecule has 0 bridgehead atoms. The van der Waals surface area contributed by atoms with Crippen LogP contribution >= 0.6 is 0 Å². The van der Waals surface area contributed by atoms with Gasteiger partial charge >= 0.3 is 0 Å². The lowest BCUT2D eigenvalue weighted by Crippen LogP contribution is -2.21. The van der Waals surface area contributed by atoms with Gasteiger partial charge in [-0.25, -0.2) is 4.98 Å². The largest absolute Gasteiger partial charge is 0.383 e. The van der Waals surface area contributed by atoms with Gasteiger partial charge in [-0.05, 0) is 6.92 Å². The van der Waals surface area contributed by atoms with Crippen molar-refractivity contribution < 1.29 is 4.74 Å². The molecule has 0 aliphatic heterocycles. The number of methoxy groups -OCH3 is 1. The second kappa shape index (κ2) is 5.35. The molecule has 0 radical (unpaired) electrons. The van der Waals surface area contributed by atoms with Crippen LogP contribution in [0.4, 0.5) is 5.95 Å². The Bertz CT molecular complexity index is 457. The van der Waals surface area contributed by atoms with Gasteiger partial charge < -0.3 is 10.1 Å². The fourth-order valence-corrected chi connectivity index (χ4v) is 1.37. The molecule has 0 aromatic carbocycles. The Hall–Kier alpha value is -2.02. The lowest BCUT2D eigenvalue weighted by molar-refractivity contribution is 0.190. The van der Waals surface area contributed by atoms with Gasteiger partial charge in [-0.15, -0.1) is 5.10 Å². The number of rotatable bonds is 5. The Balaban J connectivity index is 2.06. The summed E-state index contributed by atoms with van der Waals surface area (Å²) < 4.78 is 5.02. The molecule has 2 N–H and O–H groups in total. The van der Waals surface area contributed by atoms with Crippen molar-refractivity contribution in [3.05, 3.63) is 18.6 Å². The zero-order chi connectivity index (χ0) is 12.1. The van der Waals surface area contributed by atoms with Crippen molar-refractivity contribution in [1.82, 2.24) is 25.1 Å². The van der Waals surface area contributed by atoms with Gasteiger partial charge in [-0.2, -0.15) is 4.98 Å². The second-order valence-electron chi connectivity index (χ2n) is 3.60. The van der Waals surface area contributed by atoms with Crippen LogP contribution in [0.2, 0.25) is 0 Å².